The van der Waals surface area contributed by atoms with Crippen LogP contribution in [0, 0.1) is 0 Å². The Morgan fingerprint density at radius 2 is 0.780 bits per heavy atom. The Morgan fingerprint density at radius 3 is 1.34 bits per heavy atom. The number of hydrogen-bond acceptors (Lipinski definition) is 4. The van der Waals surface area contributed by atoms with E-state index in [4.69, 9.17) is 13.3 Å². The summed E-state index contributed by atoms with van der Waals surface area (Å²) in [6, 6.07) is 51.6. The van der Waals surface area contributed by atoms with Crippen molar-refractivity contribution in [1.29, 1.82) is 0 Å². The summed E-state index contributed by atoms with van der Waals surface area (Å²) in [7, 11) is 0. The molecule has 8 aromatic carbocycles. The van der Waals surface area contributed by atoms with Crippen LogP contribution in [-0.4, -0.2) is 0 Å². The van der Waals surface area contributed by atoms with Crippen LogP contribution >= 0.6 is 11.3 Å². The van der Waals surface area contributed by atoms with Crippen LogP contribution in [0.3, 0.4) is 0 Å². The lowest BCUT2D eigenvalue weighted by atomic mass is 9.86. The first-order valence-electron chi connectivity index (χ1n) is 16.8. The maximum atomic E-state index is 6.79. The maximum Gasteiger partial charge on any atom is 0.147 e. The normalized spacial score (nSPS) is 12.4. The van der Waals surface area contributed by atoms with Gasteiger partial charge < -0.3 is 13.3 Å². The Hall–Kier alpha value is -6.36. The second-order valence-electron chi connectivity index (χ2n) is 13.1. The molecule has 0 aliphatic rings. The van der Waals surface area contributed by atoms with Gasteiger partial charge in [-0.1, -0.05) is 103 Å². The second kappa shape index (κ2) is 9.63. The lowest BCUT2D eigenvalue weighted by Crippen LogP contribution is -1.90. The lowest BCUT2D eigenvalue weighted by Gasteiger charge is -2.17. The van der Waals surface area contributed by atoms with Crippen LogP contribution in [0.4, 0.5) is 0 Å². The summed E-state index contributed by atoms with van der Waals surface area (Å²) in [5, 5.41) is 12.6. The van der Waals surface area contributed by atoms with Gasteiger partial charge in [-0.15, -0.1) is 11.3 Å². The third-order valence-electron chi connectivity index (χ3n) is 10.5. The summed E-state index contributed by atoms with van der Waals surface area (Å²) in [6.45, 7) is 0. The fourth-order valence-corrected chi connectivity index (χ4v) is 9.46. The predicted octanol–water partition coefficient (Wildman–Crippen LogP) is 14.2. The minimum absolute atomic E-state index is 0.845. The highest BCUT2D eigenvalue weighted by atomic mass is 32.1. The molecule has 50 heavy (non-hydrogen) atoms. The number of fused-ring (bicyclic) bond motifs is 12. The summed E-state index contributed by atoms with van der Waals surface area (Å²) < 4.78 is 21.1. The van der Waals surface area contributed by atoms with Crippen molar-refractivity contribution in [3.05, 3.63) is 146 Å². The molecule has 0 amide bonds. The van der Waals surface area contributed by atoms with Crippen LogP contribution in [0.15, 0.2) is 159 Å². The van der Waals surface area contributed by atoms with Gasteiger partial charge in [-0.2, -0.15) is 0 Å². The molecule has 0 unspecified atom stereocenters. The Bertz CT molecular complexity index is 3240. The van der Waals surface area contributed by atoms with Gasteiger partial charge in [-0.05, 0) is 69.4 Å². The molecular formula is C46H24O3S. The highest BCUT2D eigenvalue weighted by molar-refractivity contribution is 7.22. The number of furan rings is 3. The van der Waals surface area contributed by atoms with Gasteiger partial charge in [0.1, 0.15) is 33.5 Å². The average Bonchev–Trinajstić information content (AvgIpc) is 3.93. The molecule has 4 heterocycles. The van der Waals surface area contributed by atoms with Crippen molar-refractivity contribution in [1.82, 2.24) is 0 Å². The van der Waals surface area contributed by atoms with Gasteiger partial charge in [0.25, 0.3) is 0 Å². The molecule has 0 saturated carbocycles. The van der Waals surface area contributed by atoms with E-state index < -0.39 is 0 Å². The molecule has 4 heteroatoms. The van der Waals surface area contributed by atoms with E-state index in [1.165, 1.54) is 31.3 Å². The first kappa shape index (κ1) is 26.6. The van der Waals surface area contributed by atoms with E-state index in [9.17, 15) is 0 Å². The largest absolute Gasteiger partial charge is 0.456 e. The topological polar surface area (TPSA) is 39.4 Å². The third-order valence-corrected chi connectivity index (χ3v) is 11.6. The van der Waals surface area contributed by atoms with Crippen LogP contribution in [-0.2, 0) is 0 Å². The van der Waals surface area contributed by atoms with Crippen molar-refractivity contribution < 1.29 is 13.3 Å². The number of para-hydroxylation sites is 3. The van der Waals surface area contributed by atoms with Crippen molar-refractivity contribution in [3.8, 4) is 21.6 Å². The molecule has 0 spiro atoms. The fourth-order valence-electron chi connectivity index (χ4n) is 8.31. The summed E-state index contributed by atoms with van der Waals surface area (Å²) >= 11 is 1.82. The van der Waals surface area contributed by atoms with Gasteiger partial charge in [0.05, 0.1) is 5.56 Å². The summed E-state index contributed by atoms with van der Waals surface area (Å²) in [4.78, 5) is 1.23. The first-order valence-corrected chi connectivity index (χ1v) is 17.6. The molecule has 3 nitrogen and oxygen atoms in total. The predicted molar refractivity (Wildman–Crippen MR) is 210 cm³/mol. The molecule has 0 aliphatic heterocycles. The number of thiophene rings is 1. The average molecular weight is 657 g/mol. The first-order chi connectivity index (χ1) is 24.8. The van der Waals surface area contributed by atoms with E-state index in [1.54, 1.807) is 0 Å². The molecule has 0 aliphatic carbocycles. The van der Waals surface area contributed by atoms with Crippen LogP contribution in [0.25, 0.3) is 119 Å². The quantitative estimate of drug-likeness (QED) is 0.174. The smallest absolute Gasteiger partial charge is 0.147 e. The van der Waals surface area contributed by atoms with Gasteiger partial charge in [0.15, 0.2) is 0 Å². The Labute approximate surface area is 288 Å². The van der Waals surface area contributed by atoms with E-state index in [1.807, 2.05) is 35.6 Å². The van der Waals surface area contributed by atoms with Gasteiger partial charge in [0.2, 0.25) is 0 Å². The molecule has 4 aromatic heterocycles. The van der Waals surface area contributed by atoms with E-state index in [2.05, 4.69) is 121 Å². The van der Waals surface area contributed by atoms with Crippen LogP contribution < -0.4 is 0 Å². The number of hydrogen-bond donors (Lipinski definition) is 0. The van der Waals surface area contributed by atoms with E-state index in [0.717, 1.165) is 87.7 Å². The van der Waals surface area contributed by atoms with E-state index >= 15 is 0 Å². The molecular weight excluding hydrogens is 633 g/mol. The highest BCUT2D eigenvalue weighted by Gasteiger charge is 2.26. The van der Waals surface area contributed by atoms with Gasteiger partial charge >= 0.3 is 0 Å². The molecule has 12 rings (SSSR count). The van der Waals surface area contributed by atoms with Crippen molar-refractivity contribution in [3.63, 3.8) is 0 Å². The van der Waals surface area contributed by atoms with Crippen LogP contribution in [0.2, 0.25) is 0 Å². The van der Waals surface area contributed by atoms with Crippen molar-refractivity contribution in [2.75, 3.05) is 0 Å². The third kappa shape index (κ3) is 3.48. The zero-order valence-electron chi connectivity index (χ0n) is 26.5. The van der Waals surface area contributed by atoms with E-state index in [-0.39, 0.29) is 0 Å². The number of benzene rings is 8. The molecule has 0 atom stereocenters. The van der Waals surface area contributed by atoms with Crippen molar-refractivity contribution in [2.45, 2.75) is 0 Å². The summed E-state index contributed by atoms with van der Waals surface area (Å²) in [5.41, 5.74) is 8.63. The Kier molecular flexibility index (Phi) is 5.12. The molecule has 12 aromatic rings. The van der Waals surface area contributed by atoms with Crippen LogP contribution in [0.5, 0.6) is 0 Å². The molecule has 0 saturated heterocycles. The zero-order valence-corrected chi connectivity index (χ0v) is 27.3. The fraction of sp³-hybridized carbons (Fsp3) is 0. The highest BCUT2D eigenvalue weighted by Crippen LogP contribution is 2.51. The van der Waals surface area contributed by atoms with E-state index in [0.29, 0.717) is 0 Å². The number of rotatable bonds is 2. The zero-order chi connectivity index (χ0) is 32.5. The molecule has 0 fully saturated rings. The lowest BCUT2D eigenvalue weighted by molar-refractivity contribution is 0.658. The molecule has 232 valence electrons. The second-order valence-corrected chi connectivity index (χ2v) is 14.2. The summed E-state index contributed by atoms with van der Waals surface area (Å²) in [6.07, 6.45) is 0. The minimum atomic E-state index is 0.845. The monoisotopic (exact) mass is 656 g/mol. The van der Waals surface area contributed by atoms with Crippen LogP contribution in [0.1, 0.15) is 0 Å². The van der Waals surface area contributed by atoms with Gasteiger partial charge in [-0.3, -0.25) is 0 Å². The SMILES string of the molecule is c1ccc2c(c1)oc1cc3sc(-c4c5ccccc5c(-c5c6oc7ccccc7c6cc6c5oc5ccccc56)c5ccccc45)cc3cc12. The molecule has 0 N–H and O–H groups in total. The van der Waals surface area contributed by atoms with Crippen molar-refractivity contribution in [2.24, 2.45) is 0 Å². The van der Waals surface area contributed by atoms with Crippen molar-refractivity contribution >= 4 is 109 Å². The molecule has 0 radical (unpaired) electrons. The molecule has 0 bridgehead atoms. The Balaban J connectivity index is 1.22. The van der Waals surface area contributed by atoms with Gasteiger partial charge in [0, 0.05) is 53.0 Å². The maximum absolute atomic E-state index is 6.79. The summed E-state index contributed by atoms with van der Waals surface area (Å²) in [5.74, 6) is 0. The standard InChI is InChI=1S/C46H24O3S/c1-3-16-31-29(14-1)42(41-22-25-21-33-26-11-5-8-18-36(26)47-39(33)24-40(25)50-41)30-15-2-4-17-32(30)43(31)44-45-34(27-12-6-9-19-37(27)48-45)23-35-28-13-7-10-20-38(28)49-46(35)44/h1-24H. The minimum Gasteiger partial charge on any atom is -0.456 e. The Morgan fingerprint density at radius 1 is 0.320 bits per heavy atom. The van der Waals surface area contributed by atoms with Gasteiger partial charge in [-0.25, -0.2) is 0 Å².